The lowest BCUT2D eigenvalue weighted by Gasteiger charge is -2.17. The number of benzene rings is 1. The van der Waals surface area contributed by atoms with Crippen LogP contribution >= 0.6 is 0 Å². The highest BCUT2D eigenvalue weighted by Gasteiger charge is 2.19. The van der Waals surface area contributed by atoms with Gasteiger partial charge in [0.2, 0.25) is 11.8 Å². The molecule has 0 aromatic heterocycles. The van der Waals surface area contributed by atoms with Crippen molar-refractivity contribution in [1.82, 2.24) is 0 Å². The minimum atomic E-state index is -0.529. The molecular formula is C13H17N3O2. The first-order chi connectivity index (χ1) is 8.33. The topological polar surface area (TPSA) is 84.2 Å². The van der Waals surface area contributed by atoms with E-state index in [0.717, 1.165) is 11.3 Å². The molecule has 1 aliphatic rings. The zero-order chi connectivity index (χ0) is 13.3. The molecule has 0 saturated carbocycles. The van der Waals surface area contributed by atoms with E-state index >= 15 is 0 Å². The fourth-order valence-electron chi connectivity index (χ4n) is 1.93. The summed E-state index contributed by atoms with van der Waals surface area (Å²) in [7, 11) is 0. The largest absolute Gasteiger partial charge is 0.326 e. The molecule has 1 aromatic carbocycles. The monoisotopic (exact) mass is 247 g/mol. The summed E-state index contributed by atoms with van der Waals surface area (Å²) in [5, 5.41) is 5.53. The molecule has 4 N–H and O–H groups in total. The Balaban J connectivity index is 2.05. The van der Waals surface area contributed by atoms with Crippen LogP contribution in [0, 0.1) is 0 Å². The van der Waals surface area contributed by atoms with Gasteiger partial charge in [-0.15, -0.1) is 0 Å². The van der Waals surface area contributed by atoms with E-state index in [9.17, 15) is 9.59 Å². The minimum Gasteiger partial charge on any atom is -0.326 e. The van der Waals surface area contributed by atoms with Crippen LogP contribution in [-0.2, 0) is 16.0 Å². The van der Waals surface area contributed by atoms with Crippen molar-refractivity contribution in [3.8, 4) is 0 Å². The smallest absolute Gasteiger partial charge is 0.228 e. The first kappa shape index (κ1) is 12.6. The molecule has 2 rings (SSSR count). The molecule has 0 saturated heterocycles. The van der Waals surface area contributed by atoms with Gasteiger partial charge in [0.15, 0.2) is 0 Å². The highest BCUT2D eigenvalue weighted by atomic mass is 16.2. The quantitative estimate of drug-likeness (QED) is 0.751. The molecule has 1 aromatic rings. The zero-order valence-electron chi connectivity index (χ0n) is 10.5. The van der Waals surface area contributed by atoms with Gasteiger partial charge in [-0.3, -0.25) is 9.59 Å². The maximum Gasteiger partial charge on any atom is 0.228 e. The van der Waals surface area contributed by atoms with Gasteiger partial charge in [0.05, 0.1) is 6.42 Å². The first-order valence-electron chi connectivity index (χ1n) is 5.85. The Morgan fingerprint density at radius 1 is 1.50 bits per heavy atom. The van der Waals surface area contributed by atoms with Crippen LogP contribution in [0.5, 0.6) is 0 Å². The lowest BCUT2D eigenvalue weighted by Crippen LogP contribution is -2.36. The average Bonchev–Trinajstić information content (AvgIpc) is 2.53. The Morgan fingerprint density at radius 3 is 2.89 bits per heavy atom. The molecule has 5 nitrogen and oxygen atoms in total. The van der Waals surface area contributed by atoms with Gasteiger partial charge in [0.1, 0.15) is 0 Å². The van der Waals surface area contributed by atoms with E-state index in [1.807, 2.05) is 6.07 Å². The predicted molar refractivity (Wildman–Crippen MR) is 70.3 cm³/mol. The van der Waals surface area contributed by atoms with E-state index in [-0.39, 0.29) is 18.2 Å². The molecule has 0 fully saturated rings. The van der Waals surface area contributed by atoms with E-state index < -0.39 is 5.54 Å². The summed E-state index contributed by atoms with van der Waals surface area (Å²) in [4.78, 5) is 22.9. The summed E-state index contributed by atoms with van der Waals surface area (Å²) in [6, 6.07) is 5.38. The van der Waals surface area contributed by atoms with Crippen molar-refractivity contribution in [3.63, 3.8) is 0 Å². The molecule has 0 bridgehead atoms. The van der Waals surface area contributed by atoms with Gasteiger partial charge >= 0.3 is 0 Å². The molecule has 96 valence electrons. The fourth-order valence-corrected chi connectivity index (χ4v) is 1.93. The summed E-state index contributed by atoms with van der Waals surface area (Å²) in [5.41, 5.74) is 7.67. The van der Waals surface area contributed by atoms with Gasteiger partial charge in [-0.2, -0.15) is 0 Å². The van der Waals surface area contributed by atoms with Crippen molar-refractivity contribution in [1.29, 1.82) is 0 Å². The van der Waals surface area contributed by atoms with Gasteiger partial charge in [0, 0.05) is 23.3 Å². The molecular weight excluding hydrogens is 230 g/mol. The Labute approximate surface area is 106 Å². The van der Waals surface area contributed by atoms with E-state index in [2.05, 4.69) is 10.6 Å². The summed E-state index contributed by atoms with van der Waals surface area (Å²) >= 11 is 0. The number of nitrogens with two attached hydrogens (primary N) is 1. The molecule has 5 heteroatoms. The number of anilines is 2. The summed E-state index contributed by atoms with van der Waals surface area (Å²) in [6.45, 7) is 3.61. The summed E-state index contributed by atoms with van der Waals surface area (Å²) in [6.07, 6.45) is 0.614. The highest BCUT2D eigenvalue weighted by Crippen LogP contribution is 2.26. The Bertz CT molecular complexity index is 503. The van der Waals surface area contributed by atoms with Crippen molar-refractivity contribution in [2.24, 2.45) is 5.73 Å². The van der Waals surface area contributed by atoms with Crippen LogP contribution in [-0.4, -0.2) is 17.4 Å². The fraction of sp³-hybridized carbons (Fsp3) is 0.385. The van der Waals surface area contributed by atoms with Crippen molar-refractivity contribution in [2.45, 2.75) is 32.2 Å². The normalized spacial score (nSPS) is 14.1. The summed E-state index contributed by atoms with van der Waals surface area (Å²) in [5.74, 6) is -0.142. The van der Waals surface area contributed by atoms with E-state index in [1.165, 1.54) is 0 Å². The molecule has 0 radical (unpaired) electrons. The maximum absolute atomic E-state index is 11.7. The highest BCUT2D eigenvalue weighted by molar-refractivity contribution is 6.00. The second-order valence-corrected chi connectivity index (χ2v) is 5.31. The Hall–Kier alpha value is -1.88. The molecule has 2 amide bonds. The summed E-state index contributed by atoms with van der Waals surface area (Å²) < 4.78 is 0. The molecule has 1 heterocycles. The van der Waals surface area contributed by atoms with Crippen molar-refractivity contribution < 1.29 is 9.59 Å². The Morgan fingerprint density at radius 2 is 2.22 bits per heavy atom. The van der Waals surface area contributed by atoms with Crippen molar-refractivity contribution in [2.75, 3.05) is 10.6 Å². The van der Waals surface area contributed by atoms with Crippen LogP contribution in [0.25, 0.3) is 0 Å². The van der Waals surface area contributed by atoms with Gasteiger partial charge in [-0.25, -0.2) is 0 Å². The second-order valence-electron chi connectivity index (χ2n) is 5.31. The number of nitrogens with one attached hydrogen (secondary N) is 2. The number of hydrogen-bond donors (Lipinski definition) is 3. The first-order valence-corrected chi connectivity index (χ1v) is 5.85. The third-order valence-corrected chi connectivity index (χ3v) is 2.63. The lowest BCUT2D eigenvalue weighted by atomic mass is 10.0. The SMILES string of the molecule is CC(C)(N)CC(=O)Nc1ccc2c(c1)CC(=O)N2. The maximum atomic E-state index is 11.7. The van der Waals surface area contributed by atoms with Gasteiger partial charge in [-0.05, 0) is 37.6 Å². The predicted octanol–water partition coefficient (Wildman–Crippen LogP) is 1.25. The lowest BCUT2D eigenvalue weighted by molar-refractivity contribution is -0.117. The number of carbonyl (C=O) groups excluding carboxylic acids is 2. The number of fused-ring (bicyclic) bond motifs is 1. The van der Waals surface area contributed by atoms with Gasteiger partial charge < -0.3 is 16.4 Å². The third kappa shape index (κ3) is 3.07. The second kappa shape index (κ2) is 4.42. The van der Waals surface area contributed by atoms with E-state index in [4.69, 9.17) is 5.73 Å². The van der Waals surface area contributed by atoms with Crippen LogP contribution in [0.15, 0.2) is 18.2 Å². The third-order valence-electron chi connectivity index (χ3n) is 2.63. The standard InChI is InChI=1S/C13H17N3O2/c1-13(2,14)7-12(18)15-9-3-4-10-8(5-9)6-11(17)16-10/h3-5H,6-7,14H2,1-2H3,(H,15,18)(H,16,17). The number of amides is 2. The Kier molecular flexibility index (Phi) is 3.09. The molecule has 0 atom stereocenters. The number of carbonyl (C=O) groups is 2. The molecule has 0 unspecified atom stereocenters. The average molecular weight is 247 g/mol. The molecule has 18 heavy (non-hydrogen) atoms. The van der Waals surface area contributed by atoms with Crippen LogP contribution in [0.3, 0.4) is 0 Å². The molecule has 0 spiro atoms. The zero-order valence-corrected chi connectivity index (χ0v) is 10.5. The van der Waals surface area contributed by atoms with Crippen molar-refractivity contribution >= 4 is 23.2 Å². The number of hydrogen-bond acceptors (Lipinski definition) is 3. The van der Waals surface area contributed by atoms with Gasteiger partial charge in [-0.1, -0.05) is 0 Å². The van der Waals surface area contributed by atoms with Crippen molar-refractivity contribution in [3.05, 3.63) is 23.8 Å². The minimum absolute atomic E-state index is 0.0171. The van der Waals surface area contributed by atoms with Crippen LogP contribution in [0.4, 0.5) is 11.4 Å². The molecule has 0 aliphatic carbocycles. The van der Waals surface area contributed by atoms with E-state index in [0.29, 0.717) is 12.1 Å². The van der Waals surface area contributed by atoms with Gasteiger partial charge in [0.25, 0.3) is 0 Å². The van der Waals surface area contributed by atoms with Crippen LogP contribution in [0.1, 0.15) is 25.8 Å². The number of rotatable bonds is 3. The molecule has 1 aliphatic heterocycles. The van der Waals surface area contributed by atoms with Crippen LogP contribution < -0.4 is 16.4 Å². The van der Waals surface area contributed by atoms with E-state index in [1.54, 1.807) is 26.0 Å². The van der Waals surface area contributed by atoms with Crippen LogP contribution in [0.2, 0.25) is 0 Å².